The highest BCUT2D eigenvalue weighted by molar-refractivity contribution is 6.39. The van der Waals surface area contributed by atoms with Gasteiger partial charge in [0.05, 0.1) is 25.5 Å². The minimum atomic E-state index is -0.953. The SMILES string of the molecule is CCCCOc1ccc(C(=O)Oc2ccc(C=NNC(=O)C(=O)Nc3ccc(Cl)cc3)cc2OC)cc1. The van der Waals surface area contributed by atoms with E-state index >= 15 is 0 Å². The number of carbonyl (C=O) groups excluding carboxylic acids is 3. The lowest BCUT2D eigenvalue weighted by Gasteiger charge is -2.10. The molecule has 0 aliphatic rings. The van der Waals surface area contributed by atoms with E-state index in [0.717, 1.165) is 12.8 Å². The molecule has 192 valence electrons. The lowest BCUT2D eigenvalue weighted by Crippen LogP contribution is -2.32. The standard InChI is InChI=1S/C27H26ClN3O6/c1-3-4-15-36-22-12-6-19(7-13-22)27(34)37-23-14-5-18(16-24(23)35-2)17-29-31-26(33)25(32)30-21-10-8-20(28)9-11-21/h5-14,16-17H,3-4,15H2,1-2H3,(H,30,32)(H,31,33). The molecule has 2 N–H and O–H groups in total. The predicted octanol–water partition coefficient (Wildman–Crippen LogP) is 4.84. The maximum Gasteiger partial charge on any atom is 0.343 e. The van der Waals surface area contributed by atoms with Crippen molar-refractivity contribution >= 4 is 41.3 Å². The van der Waals surface area contributed by atoms with Crippen molar-refractivity contribution in [1.82, 2.24) is 5.43 Å². The van der Waals surface area contributed by atoms with Gasteiger partial charge in [-0.2, -0.15) is 5.10 Å². The summed E-state index contributed by atoms with van der Waals surface area (Å²) in [6.45, 7) is 2.70. The molecule has 0 unspecified atom stereocenters. The summed E-state index contributed by atoms with van der Waals surface area (Å²) in [6, 6.07) is 17.7. The Labute approximate surface area is 219 Å². The lowest BCUT2D eigenvalue weighted by molar-refractivity contribution is -0.136. The van der Waals surface area contributed by atoms with E-state index in [2.05, 4.69) is 22.8 Å². The molecule has 3 rings (SSSR count). The molecule has 0 heterocycles. The molecule has 3 aromatic carbocycles. The number of carbonyl (C=O) groups is 3. The zero-order chi connectivity index (χ0) is 26.6. The van der Waals surface area contributed by atoms with Gasteiger partial charge in [0.25, 0.3) is 0 Å². The van der Waals surface area contributed by atoms with Crippen molar-refractivity contribution in [1.29, 1.82) is 0 Å². The Morgan fingerprint density at radius 2 is 1.68 bits per heavy atom. The van der Waals surface area contributed by atoms with E-state index in [9.17, 15) is 14.4 Å². The van der Waals surface area contributed by atoms with Crippen molar-refractivity contribution in [2.75, 3.05) is 19.0 Å². The van der Waals surface area contributed by atoms with Crippen LogP contribution in [0.25, 0.3) is 0 Å². The van der Waals surface area contributed by atoms with Gasteiger partial charge in [-0.05, 0) is 78.7 Å². The summed E-state index contributed by atoms with van der Waals surface area (Å²) < 4.78 is 16.4. The molecule has 10 heteroatoms. The molecular formula is C27H26ClN3O6. The summed E-state index contributed by atoms with van der Waals surface area (Å²) in [7, 11) is 1.43. The van der Waals surface area contributed by atoms with Gasteiger partial charge in [-0.15, -0.1) is 0 Å². The number of esters is 1. The van der Waals surface area contributed by atoms with Crippen molar-refractivity contribution in [3.05, 3.63) is 82.9 Å². The first-order valence-electron chi connectivity index (χ1n) is 11.4. The second-order valence-electron chi connectivity index (χ2n) is 7.69. The molecule has 9 nitrogen and oxygen atoms in total. The van der Waals surface area contributed by atoms with Crippen LogP contribution in [0.3, 0.4) is 0 Å². The van der Waals surface area contributed by atoms with Crippen LogP contribution in [0.5, 0.6) is 17.2 Å². The Balaban J connectivity index is 1.56. The molecule has 0 aromatic heterocycles. The minimum Gasteiger partial charge on any atom is -0.494 e. The molecule has 0 spiro atoms. The monoisotopic (exact) mass is 523 g/mol. The average molecular weight is 524 g/mol. The van der Waals surface area contributed by atoms with Crippen LogP contribution in [0.15, 0.2) is 71.8 Å². The van der Waals surface area contributed by atoms with Crippen LogP contribution >= 0.6 is 11.6 Å². The molecule has 0 fully saturated rings. The Hall–Kier alpha value is -4.37. The maximum absolute atomic E-state index is 12.6. The Kier molecular flexibility index (Phi) is 10.0. The first-order valence-corrected chi connectivity index (χ1v) is 11.8. The van der Waals surface area contributed by atoms with Crippen molar-refractivity contribution in [3.8, 4) is 17.2 Å². The third-order valence-corrected chi connectivity index (χ3v) is 5.19. The molecule has 0 aliphatic carbocycles. The number of nitrogens with zero attached hydrogens (tertiary/aromatic N) is 1. The summed E-state index contributed by atoms with van der Waals surface area (Å²) in [5, 5.41) is 6.72. The van der Waals surface area contributed by atoms with Gasteiger partial charge in [-0.25, -0.2) is 10.2 Å². The van der Waals surface area contributed by atoms with Crippen LogP contribution in [-0.2, 0) is 9.59 Å². The number of ether oxygens (including phenoxy) is 3. The first kappa shape index (κ1) is 27.2. The number of rotatable bonds is 10. The first-order chi connectivity index (χ1) is 17.9. The number of unbranched alkanes of at least 4 members (excludes halogenated alkanes) is 1. The zero-order valence-corrected chi connectivity index (χ0v) is 21.1. The number of nitrogens with one attached hydrogen (secondary N) is 2. The van der Waals surface area contributed by atoms with E-state index in [-0.39, 0.29) is 11.5 Å². The summed E-state index contributed by atoms with van der Waals surface area (Å²) in [4.78, 5) is 36.5. The number of hydrazone groups is 1. The molecule has 2 amide bonds. The molecular weight excluding hydrogens is 498 g/mol. The van der Waals surface area contributed by atoms with Crippen LogP contribution in [0.4, 0.5) is 5.69 Å². The summed E-state index contributed by atoms with van der Waals surface area (Å²) in [5.41, 5.74) is 3.45. The summed E-state index contributed by atoms with van der Waals surface area (Å²) >= 11 is 5.80. The molecule has 0 aliphatic heterocycles. The summed E-state index contributed by atoms with van der Waals surface area (Å²) in [5.74, 6) is -1.23. The van der Waals surface area contributed by atoms with Crippen molar-refractivity contribution < 1.29 is 28.6 Å². The van der Waals surface area contributed by atoms with Crippen LogP contribution in [0, 0.1) is 0 Å². The smallest absolute Gasteiger partial charge is 0.343 e. The number of anilines is 1. The molecule has 0 atom stereocenters. The van der Waals surface area contributed by atoms with Gasteiger partial charge in [-0.3, -0.25) is 9.59 Å². The summed E-state index contributed by atoms with van der Waals surface area (Å²) in [6.07, 6.45) is 3.31. The van der Waals surface area contributed by atoms with E-state index < -0.39 is 17.8 Å². The Bertz CT molecular complexity index is 1260. The minimum absolute atomic E-state index is 0.208. The number of hydrogen-bond acceptors (Lipinski definition) is 7. The zero-order valence-electron chi connectivity index (χ0n) is 20.3. The van der Waals surface area contributed by atoms with Gasteiger partial charge in [-0.1, -0.05) is 24.9 Å². The topological polar surface area (TPSA) is 115 Å². The third kappa shape index (κ3) is 8.36. The van der Waals surface area contributed by atoms with E-state index in [1.807, 2.05) is 0 Å². The molecule has 0 bridgehead atoms. The van der Waals surface area contributed by atoms with E-state index in [1.165, 1.54) is 19.4 Å². The Morgan fingerprint density at radius 3 is 2.35 bits per heavy atom. The molecule has 3 aromatic rings. The number of benzene rings is 3. The largest absolute Gasteiger partial charge is 0.494 e. The fraction of sp³-hybridized carbons (Fsp3) is 0.185. The number of amides is 2. The van der Waals surface area contributed by atoms with Crippen molar-refractivity contribution in [3.63, 3.8) is 0 Å². The van der Waals surface area contributed by atoms with Crippen molar-refractivity contribution in [2.24, 2.45) is 5.10 Å². The van der Waals surface area contributed by atoms with Gasteiger partial charge in [0.15, 0.2) is 11.5 Å². The fourth-order valence-corrected chi connectivity index (χ4v) is 3.09. The van der Waals surface area contributed by atoms with E-state index in [0.29, 0.717) is 34.2 Å². The van der Waals surface area contributed by atoms with Gasteiger partial charge in [0.1, 0.15) is 5.75 Å². The molecule has 37 heavy (non-hydrogen) atoms. The van der Waals surface area contributed by atoms with Crippen molar-refractivity contribution in [2.45, 2.75) is 19.8 Å². The van der Waals surface area contributed by atoms with Gasteiger partial charge >= 0.3 is 17.8 Å². The van der Waals surface area contributed by atoms with Gasteiger partial charge < -0.3 is 19.5 Å². The number of methoxy groups -OCH3 is 1. The molecule has 0 saturated carbocycles. The fourth-order valence-electron chi connectivity index (χ4n) is 2.97. The van der Waals surface area contributed by atoms with Crippen LogP contribution in [0.2, 0.25) is 5.02 Å². The lowest BCUT2D eigenvalue weighted by atomic mass is 10.2. The van der Waals surface area contributed by atoms with Crippen LogP contribution < -0.4 is 25.0 Å². The Morgan fingerprint density at radius 1 is 0.946 bits per heavy atom. The third-order valence-electron chi connectivity index (χ3n) is 4.94. The second-order valence-corrected chi connectivity index (χ2v) is 8.12. The number of hydrogen-bond donors (Lipinski definition) is 2. The van der Waals surface area contributed by atoms with Crippen LogP contribution in [-0.4, -0.2) is 37.7 Å². The predicted molar refractivity (Wildman–Crippen MR) is 141 cm³/mol. The maximum atomic E-state index is 12.6. The average Bonchev–Trinajstić information content (AvgIpc) is 2.91. The highest BCUT2D eigenvalue weighted by atomic mass is 35.5. The van der Waals surface area contributed by atoms with Gasteiger partial charge in [0, 0.05) is 10.7 Å². The highest BCUT2D eigenvalue weighted by Crippen LogP contribution is 2.28. The normalized spacial score (nSPS) is 10.6. The van der Waals surface area contributed by atoms with E-state index in [1.54, 1.807) is 60.7 Å². The molecule has 0 radical (unpaired) electrons. The highest BCUT2D eigenvalue weighted by Gasteiger charge is 2.14. The van der Waals surface area contributed by atoms with E-state index in [4.69, 9.17) is 25.8 Å². The molecule has 0 saturated heterocycles. The quantitative estimate of drug-likeness (QED) is 0.0981. The number of halogens is 1. The van der Waals surface area contributed by atoms with Crippen LogP contribution in [0.1, 0.15) is 35.7 Å². The van der Waals surface area contributed by atoms with Gasteiger partial charge in [0.2, 0.25) is 0 Å². The second kappa shape index (κ2) is 13.6.